The number of aliphatic imine (C=N–C) groups is 1. The number of aliphatic hydroxyl groups is 2. The highest BCUT2D eigenvalue weighted by Gasteiger charge is 2.42. The largest absolute Gasteiger partial charge is 0.388 e. The summed E-state index contributed by atoms with van der Waals surface area (Å²) in [5.74, 6) is -0.0384. The number of urea groups is 1. The molecule has 3 N–H and O–H groups in total. The number of nitrogens with one attached hydrogen (secondary N) is 1. The normalized spacial score (nSPS) is 24.6. The van der Waals surface area contributed by atoms with Gasteiger partial charge in [0.25, 0.3) is 0 Å². The second-order valence-electron chi connectivity index (χ2n) is 9.68. The molecule has 0 radical (unpaired) electrons. The van der Waals surface area contributed by atoms with E-state index in [1.807, 2.05) is 4.90 Å². The molecular formula is C25H23ClF3N7O3S. The zero-order valence-corrected chi connectivity index (χ0v) is 22.2. The molecule has 0 aliphatic carbocycles. The van der Waals surface area contributed by atoms with Crippen molar-refractivity contribution in [1.82, 2.24) is 29.9 Å². The molecule has 0 bridgehead atoms. The number of aliphatic hydroxyl groups excluding tert-OH is 2. The Kier molecular flexibility index (Phi) is 7.02. The number of nitrogens with zero attached hydrogens (tertiary/aromatic N) is 6. The van der Waals surface area contributed by atoms with Crippen LogP contribution in [0.2, 0.25) is 5.02 Å². The van der Waals surface area contributed by atoms with Gasteiger partial charge in [0.05, 0.1) is 37.0 Å². The van der Waals surface area contributed by atoms with Crippen LogP contribution in [0.25, 0.3) is 5.57 Å². The van der Waals surface area contributed by atoms with Crippen molar-refractivity contribution in [2.45, 2.75) is 37.3 Å². The minimum atomic E-state index is -2.86. The second-order valence-corrected chi connectivity index (χ2v) is 11.0. The number of rotatable bonds is 5. The number of fused-ring (bicyclic) bond motifs is 1. The molecule has 6 rings (SSSR count). The van der Waals surface area contributed by atoms with Gasteiger partial charge in [0.2, 0.25) is 0 Å². The monoisotopic (exact) mass is 593 g/mol. The smallest absolute Gasteiger partial charge is 0.333 e. The third-order valence-electron chi connectivity index (χ3n) is 7.10. The summed E-state index contributed by atoms with van der Waals surface area (Å²) in [5, 5.41) is 29.3. The number of alkyl halides is 2. The predicted molar refractivity (Wildman–Crippen MR) is 140 cm³/mol. The predicted octanol–water partition coefficient (Wildman–Crippen LogP) is 3.26. The lowest BCUT2D eigenvalue weighted by Crippen LogP contribution is -2.45. The summed E-state index contributed by atoms with van der Waals surface area (Å²) in [5.41, 5.74) is 1.87. The Morgan fingerprint density at radius 1 is 1.18 bits per heavy atom. The van der Waals surface area contributed by atoms with Gasteiger partial charge >= 0.3 is 12.6 Å². The van der Waals surface area contributed by atoms with Gasteiger partial charge in [-0.3, -0.25) is 4.99 Å². The summed E-state index contributed by atoms with van der Waals surface area (Å²) in [6.07, 6.45) is 1.04. The number of hydrogen-bond donors (Lipinski definition) is 3. The fourth-order valence-electron chi connectivity index (χ4n) is 5.25. The van der Waals surface area contributed by atoms with E-state index in [1.165, 1.54) is 46.7 Å². The number of benzene rings is 1. The molecule has 0 spiro atoms. The number of amidine groups is 1. The third kappa shape index (κ3) is 4.85. The maximum absolute atomic E-state index is 14.0. The highest BCUT2D eigenvalue weighted by Crippen LogP contribution is 2.46. The molecule has 2 amide bonds. The van der Waals surface area contributed by atoms with E-state index >= 15 is 0 Å². The highest BCUT2D eigenvalue weighted by atomic mass is 35.5. The molecule has 10 nitrogen and oxygen atoms in total. The average molecular weight is 594 g/mol. The van der Waals surface area contributed by atoms with Crippen molar-refractivity contribution < 1.29 is 28.2 Å². The van der Waals surface area contributed by atoms with E-state index in [0.717, 1.165) is 0 Å². The van der Waals surface area contributed by atoms with Gasteiger partial charge in [-0.25, -0.2) is 18.9 Å². The van der Waals surface area contributed by atoms with Crippen LogP contribution in [0.5, 0.6) is 0 Å². The van der Waals surface area contributed by atoms with Crippen LogP contribution in [0.4, 0.5) is 18.0 Å². The number of halogens is 4. The molecule has 1 aromatic carbocycles. The molecule has 40 heavy (non-hydrogen) atoms. The van der Waals surface area contributed by atoms with Crippen LogP contribution in [-0.4, -0.2) is 84.5 Å². The number of β-amino-alcohol motifs (C(OH)–C–C–N with tert-alkyl or cyclic N) is 2. The van der Waals surface area contributed by atoms with Crippen molar-refractivity contribution in [2.24, 2.45) is 4.99 Å². The lowest BCUT2D eigenvalue weighted by atomic mass is 9.92. The van der Waals surface area contributed by atoms with Crippen LogP contribution < -0.4 is 5.32 Å². The Hall–Kier alpha value is -3.46. The maximum Gasteiger partial charge on any atom is 0.333 e. The summed E-state index contributed by atoms with van der Waals surface area (Å²) >= 11 is 7.83. The molecule has 4 atom stereocenters. The molecule has 3 aliphatic rings. The molecule has 5 heterocycles. The van der Waals surface area contributed by atoms with Crippen LogP contribution in [-0.2, 0) is 0 Å². The van der Waals surface area contributed by atoms with Crippen molar-refractivity contribution in [2.75, 3.05) is 19.6 Å². The van der Waals surface area contributed by atoms with Crippen LogP contribution in [0, 0.1) is 5.82 Å². The van der Waals surface area contributed by atoms with Crippen LogP contribution in [0.3, 0.4) is 0 Å². The van der Waals surface area contributed by atoms with Gasteiger partial charge in [-0.1, -0.05) is 17.7 Å². The number of aromatic nitrogens is 3. The zero-order chi connectivity index (χ0) is 28.1. The first kappa shape index (κ1) is 26.7. The molecule has 210 valence electrons. The summed E-state index contributed by atoms with van der Waals surface area (Å²) in [6, 6.07) is 3.68. The summed E-state index contributed by atoms with van der Waals surface area (Å²) < 4.78 is 41.5. The van der Waals surface area contributed by atoms with E-state index < -0.39 is 42.7 Å². The fraction of sp³-hybridized carbons (Fsp3) is 0.360. The van der Waals surface area contributed by atoms with Crippen LogP contribution in [0.1, 0.15) is 35.3 Å². The van der Waals surface area contributed by atoms with E-state index in [4.69, 9.17) is 16.6 Å². The van der Waals surface area contributed by atoms with Crippen LogP contribution in [0.15, 0.2) is 52.7 Å². The lowest BCUT2D eigenvalue weighted by Gasteiger charge is -2.32. The Bertz CT molecular complexity index is 1490. The van der Waals surface area contributed by atoms with Gasteiger partial charge in [-0.05, 0) is 18.2 Å². The SMILES string of the molecule is O=C(N[C@H]1CC2=C(c3ccn(C(F)F)n3)[C@H](c3ccc(F)cc3Cl)N=C(c3nccs3)N2C1)N1C[C@@H](O)[C@@H](O)C1. The third-order valence-corrected chi connectivity index (χ3v) is 8.20. The van der Waals surface area contributed by atoms with Crippen molar-refractivity contribution in [1.29, 1.82) is 0 Å². The molecule has 15 heteroatoms. The minimum absolute atomic E-state index is 0.000587. The molecule has 2 saturated heterocycles. The number of thiazole rings is 1. The lowest BCUT2D eigenvalue weighted by molar-refractivity contribution is 0.0564. The maximum atomic E-state index is 14.0. The van der Waals surface area contributed by atoms with Gasteiger partial charge in [0.15, 0.2) is 10.8 Å². The molecule has 3 aromatic rings. The number of amides is 2. The first-order chi connectivity index (χ1) is 19.2. The van der Waals surface area contributed by atoms with Crippen LogP contribution >= 0.6 is 22.9 Å². The first-order valence-corrected chi connectivity index (χ1v) is 13.6. The van der Waals surface area contributed by atoms with Crippen molar-refractivity contribution in [3.05, 3.63) is 74.8 Å². The topological polar surface area (TPSA) is 119 Å². The molecular weight excluding hydrogens is 571 g/mol. The Balaban J connectivity index is 1.43. The van der Waals surface area contributed by atoms with Crippen molar-refractivity contribution in [3.8, 4) is 0 Å². The van der Waals surface area contributed by atoms with Gasteiger partial charge in [-0.2, -0.15) is 13.9 Å². The molecule has 2 fully saturated rings. The van der Waals surface area contributed by atoms with Gasteiger partial charge < -0.3 is 25.3 Å². The summed E-state index contributed by atoms with van der Waals surface area (Å²) in [4.78, 5) is 25.5. The molecule has 0 unspecified atom stereocenters. The average Bonchev–Trinajstić information content (AvgIpc) is 3.71. The fourth-order valence-corrected chi connectivity index (χ4v) is 6.16. The van der Waals surface area contributed by atoms with Gasteiger partial charge in [0.1, 0.15) is 11.9 Å². The Labute approximate surface area is 235 Å². The summed E-state index contributed by atoms with van der Waals surface area (Å²) in [7, 11) is 0. The number of hydrogen-bond acceptors (Lipinski definition) is 8. The number of carbonyl (C=O) groups excluding carboxylic acids is 1. The number of carbonyl (C=O) groups is 1. The van der Waals surface area contributed by atoms with E-state index in [-0.39, 0.29) is 23.8 Å². The zero-order valence-electron chi connectivity index (χ0n) is 20.7. The Morgan fingerprint density at radius 2 is 1.95 bits per heavy atom. The van der Waals surface area contributed by atoms with Gasteiger partial charge in [0, 0.05) is 52.6 Å². The van der Waals surface area contributed by atoms with Crippen molar-refractivity contribution in [3.63, 3.8) is 0 Å². The summed E-state index contributed by atoms with van der Waals surface area (Å²) in [6.45, 7) is -2.57. The quantitative estimate of drug-likeness (QED) is 0.418. The molecule has 2 aromatic heterocycles. The Morgan fingerprint density at radius 3 is 2.60 bits per heavy atom. The molecule has 3 aliphatic heterocycles. The molecule has 0 saturated carbocycles. The van der Waals surface area contributed by atoms with Crippen molar-refractivity contribution >= 4 is 40.4 Å². The first-order valence-electron chi connectivity index (χ1n) is 12.4. The highest BCUT2D eigenvalue weighted by molar-refractivity contribution is 7.11. The standard InChI is InChI=1S/C25H23ClF3N7O3S/c26-15-7-12(27)1-2-14(15)21-20(16-3-5-36(33-16)24(28)29)17-8-13(31-25(39)34-10-18(37)19(38)11-34)9-35(17)22(32-21)23-30-4-6-40-23/h1-7,13,18-19,21,24,37-38H,8-11H2,(H,31,39)/t13-,18-,19+,21-/m0/s1. The van der Waals surface area contributed by atoms with Gasteiger partial charge in [-0.15, -0.1) is 11.3 Å². The van der Waals surface area contributed by atoms with E-state index in [0.29, 0.717) is 45.3 Å². The minimum Gasteiger partial charge on any atom is -0.388 e. The van der Waals surface area contributed by atoms with E-state index in [2.05, 4.69) is 15.4 Å². The van der Waals surface area contributed by atoms with E-state index in [1.54, 1.807) is 11.6 Å². The second kappa shape index (κ2) is 10.5. The number of likely N-dealkylation sites (tertiary alicyclic amines) is 1. The van der Waals surface area contributed by atoms with E-state index in [9.17, 15) is 28.2 Å².